The Bertz CT molecular complexity index is 684. The van der Waals surface area contributed by atoms with Crippen LogP contribution in [0.4, 0.5) is 22.7 Å². The van der Waals surface area contributed by atoms with Crippen LogP contribution in [-0.2, 0) is 0 Å². The summed E-state index contributed by atoms with van der Waals surface area (Å²) in [6.45, 7) is 0. The van der Waals surface area contributed by atoms with Crippen molar-refractivity contribution >= 4 is 34.4 Å². The zero-order valence-electron chi connectivity index (χ0n) is 11.5. The molecule has 7 heteroatoms. The van der Waals surface area contributed by atoms with E-state index in [1.807, 2.05) is 31.1 Å². The summed E-state index contributed by atoms with van der Waals surface area (Å²) >= 11 is 5.74. The molecular weight excluding hydrogens is 292 g/mol. The lowest BCUT2D eigenvalue weighted by atomic mass is 10.2. The van der Waals surface area contributed by atoms with E-state index in [0.717, 1.165) is 5.69 Å². The summed E-state index contributed by atoms with van der Waals surface area (Å²) in [6.07, 6.45) is 0. The van der Waals surface area contributed by atoms with Crippen molar-refractivity contribution in [3.05, 3.63) is 57.6 Å². The number of rotatable bonds is 4. The highest BCUT2D eigenvalue weighted by Crippen LogP contribution is 2.31. The number of halogens is 1. The fourth-order valence-corrected chi connectivity index (χ4v) is 1.82. The summed E-state index contributed by atoms with van der Waals surface area (Å²) in [5.74, 6) is 0. The molecule has 0 aliphatic carbocycles. The van der Waals surface area contributed by atoms with Crippen molar-refractivity contribution in [2.24, 2.45) is 10.2 Å². The fourth-order valence-electron chi connectivity index (χ4n) is 1.66. The smallest absolute Gasteiger partial charge is 0.298 e. The van der Waals surface area contributed by atoms with E-state index in [9.17, 15) is 10.1 Å². The number of azo groups is 1. The Kier molecular flexibility index (Phi) is 4.49. The van der Waals surface area contributed by atoms with Crippen LogP contribution in [0.25, 0.3) is 0 Å². The first-order chi connectivity index (χ1) is 9.97. The number of hydrogen-bond donors (Lipinski definition) is 0. The highest BCUT2D eigenvalue weighted by Gasteiger charge is 2.13. The molecule has 0 fully saturated rings. The fraction of sp³-hybridized carbons (Fsp3) is 0.143. The second-order valence-corrected chi connectivity index (χ2v) is 4.94. The first-order valence-corrected chi connectivity index (χ1v) is 6.48. The standard InChI is InChI=1S/C14H13ClN4O2/c1-18(2)12-6-4-11(5-7-12)16-17-13-8-3-10(15)9-14(13)19(20)21/h3-9H,1-2H3. The average molecular weight is 305 g/mol. The highest BCUT2D eigenvalue weighted by atomic mass is 35.5. The zero-order valence-corrected chi connectivity index (χ0v) is 12.3. The van der Waals surface area contributed by atoms with Gasteiger partial charge in [0.2, 0.25) is 0 Å². The topological polar surface area (TPSA) is 71.1 Å². The minimum atomic E-state index is -0.532. The zero-order chi connectivity index (χ0) is 15.4. The molecule has 0 heterocycles. The lowest BCUT2D eigenvalue weighted by Gasteiger charge is -2.11. The molecule has 0 unspecified atom stereocenters. The summed E-state index contributed by atoms with van der Waals surface area (Å²) in [7, 11) is 3.88. The number of hydrogen-bond acceptors (Lipinski definition) is 5. The van der Waals surface area contributed by atoms with Gasteiger partial charge in [0.25, 0.3) is 5.69 Å². The molecule has 0 radical (unpaired) electrons. The van der Waals surface area contributed by atoms with Crippen LogP contribution in [0.5, 0.6) is 0 Å². The summed E-state index contributed by atoms with van der Waals surface area (Å²) in [4.78, 5) is 12.4. The summed E-state index contributed by atoms with van der Waals surface area (Å²) in [5, 5.41) is 19.2. The van der Waals surface area contributed by atoms with Gasteiger partial charge >= 0.3 is 0 Å². The lowest BCUT2D eigenvalue weighted by Crippen LogP contribution is -2.07. The van der Waals surface area contributed by atoms with Crippen molar-refractivity contribution in [3.8, 4) is 0 Å². The number of benzene rings is 2. The van der Waals surface area contributed by atoms with Gasteiger partial charge in [0.15, 0.2) is 5.69 Å². The van der Waals surface area contributed by atoms with Gasteiger partial charge in [-0.25, -0.2) is 0 Å². The van der Waals surface area contributed by atoms with Gasteiger partial charge < -0.3 is 4.90 Å². The molecule has 0 aliphatic heterocycles. The van der Waals surface area contributed by atoms with E-state index >= 15 is 0 Å². The minimum Gasteiger partial charge on any atom is -0.378 e. The Balaban J connectivity index is 2.27. The van der Waals surface area contributed by atoms with Gasteiger partial charge in [-0.2, -0.15) is 5.11 Å². The molecule has 0 atom stereocenters. The van der Waals surface area contributed by atoms with E-state index in [1.165, 1.54) is 18.2 Å². The molecule has 0 aromatic heterocycles. The molecule has 2 aromatic carbocycles. The van der Waals surface area contributed by atoms with Crippen LogP contribution in [0, 0.1) is 10.1 Å². The van der Waals surface area contributed by atoms with Crippen LogP contribution >= 0.6 is 11.6 Å². The Morgan fingerprint density at radius 2 is 1.76 bits per heavy atom. The maximum atomic E-state index is 10.9. The van der Waals surface area contributed by atoms with Crippen molar-refractivity contribution in [1.29, 1.82) is 0 Å². The van der Waals surface area contributed by atoms with E-state index in [2.05, 4.69) is 10.2 Å². The predicted molar refractivity (Wildman–Crippen MR) is 83.1 cm³/mol. The van der Waals surface area contributed by atoms with Gasteiger partial charge in [0.05, 0.1) is 10.6 Å². The largest absolute Gasteiger partial charge is 0.378 e. The molecule has 6 nitrogen and oxygen atoms in total. The van der Waals surface area contributed by atoms with Gasteiger partial charge in [-0.05, 0) is 36.4 Å². The highest BCUT2D eigenvalue weighted by molar-refractivity contribution is 6.30. The van der Waals surface area contributed by atoms with E-state index in [-0.39, 0.29) is 16.4 Å². The summed E-state index contributed by atoms with van der Waals surface area (Å²) in [6, 6.07) is 11.6. The van der Waals surface area contributed by atoms with Crippen molar-refractivity contribution < 1.29 is 4.92 Å². The normalized spacial score (nSPS) is 10.8. The number of nitro benzene ring substituents is 1. The SMILES string of the molecule is CN(C)c1ccc(N=Nc2ccc(Cl)cc2[N+](=O)[O-])cc1. The Morgan fingerprint density at radius 1 is 1.10 bits per heavy atom. The van der Waals surface area contributed by atoms with Crippen LogP contribution in [0.3, 0.4) is 0 Å². The van der Waals surface area contributed by atoms with E-state index < -0.39 is 4.92 Å². The lowest BCUT2D eigenvalue weighted by molar-refractivity contribution is -0.384. The van der Waals surface area contributed by atoms with Crippen LogP contribution < -0.4 is 4.90 Å². The van der Waals surface area contributed by atoms with Crippen LogP contribution in [-0.4, -0.2) is 19.0 Å². The second-order valence-electron chi connectivity index (χ2n) is 4.50. The molecule has 2 aromatic rings. The molecule has 0 N–H and O–H groups in total. The van der Waals surface area contributed by atoms with Crippen molar-refractivity contribution in [2.45, 2.75) is 0 Å². The Morgan fingerprint density at radius 3 is 2.33 bits per heavy atom. The van der Waals surface area contributed by atoms with Crippen LogP contribution in [0.15, 0.2) is 52.7 Å². The maximum absolute atomic E-state index is 10.9. The van der Waals surface area contributed by atoms with E-state index in [4.69, 9.17) is 11.6 Å². The Labute approximate surface area is 126 Å². The molecule has 108 valence electrons. The van der Waals surface area contributed by atoms with Crippen molar-refractivity contribution in [1.82, 2.24) is 0 Å². The van der Waals surface area contributed by atoms with Gasteiger partial charge in [0.1, 0.15) is 0 Å². The molecule has 0 bridgehead atoms. The molecule has 0 amide bonds. The predicted octanol–water partition coefficient (Wildman–Crippen LogP) is 4.73. The average Bonchev–Trinajstić information content (AvgIpc) is 2.46. The van der Waals surface area contributed by atoms with Gasteiger partial charge in [-0.15, -0.1) is 5.11 Å². The van der Waals surface area contributed by atoms with Gasteiger partial charge in [-0.1, -0.05) is 11.6 Å². The maximum Gasteiger partial charge on any atom is 0.298 e. The third-order valence-electron chi connectivity index (χ3n) is 2.77. The second kappa shape index (κ2) is 6.32. The minimum absolute atomic E-state index is 0.168. The third kappa shape index (κ3) is 3.76. The summed E-state index contributed by atoms with van der Waals surface area (Å²) in [5.41, 5.74) is 1.65. The van der Waals surface area contributed by atoms with Crippen molar-refractivity contribution in [2.75, 3.05) is 19.0 Å². The van der Waals surface area contributed by atoms with Gasteiger partial charge in [0, 0.05) is 30.9 Å². The molecule has 0 saturated carbocycles. The summed E-state index contributed by atoms with van der Waals surface area (Å²) < 4.78 is 0. The van der Waals surface area contributed by atoms with E-state index in [1.54, 1.807) is 12.1 Å². The van der Waals surface area contributed by atoms with Crippen LogP contribution in [0.1, 0.15) is 0 Å². The third-order valence-corrected chi connectivity index (χ3v) is 3.01. The molecule has 0 saturated heterocycles. The first-order valence-electron chi connectivity index (χ1n) is 6.10. The number of nitrogens with zero attached hydrogens (tertiary/aromatic N) is 4. The molecule has 0 spiro atoms. The number of anilines is 1. The molecule has 2 rings (SSSR count). The van der Waals surface area contributed by atoms with E-state index in [0.29, 0.717) is 5.69 Å². The quantitative estimate of drug-likeness (QED) is 0.465. The van der Waals surface area contributed by atoms with Gasteiger partial charge in [-0.3, -0.25) is 10.1 Å². The molecule has 0 aliphatic rings. The molecule has 21 heavy (non-hydrogen) atoms. The molecular formula is C14H13ClN4O2. The first kappa shape index (κ1) is 14.9. The Hall–Kier alpha value is -2.47. The number of nitro groups is 1. The van der Waals surface area contributed by atoms with Crippen LogP contribution in [0.2, 0.25) is 5.02 Å². The van der Waals surface area contributed by atoms with Crippen molar-refractivity contribution in [3.63, 3.8) is 0 Å². The monoisotopic (exact) mass is 304 g/mol.